The highest BCUT2D eigenvalue weighted by molar-refractivity contribution is 6.05. The van der Waals surface area contributed by atoms with E-state index in [1.54, 1.807) is 19.1 Å². The molecule has 130 valence electrons. The van der Waals surface area contributed by atoms with Crippen molar-refractivity contribution in [3.05, 3.63) is 35.6 Å². The molecule has 0 saturated heterocycles. The van der Waals surface area contributed by atoms with Gasteiger partial charge in [-0.3, -0.25) is 4.79 Å². The first kappa shape index (κ1) is 16.9. The van der Waals surface area contributed by atoms with E-state index in [-0.39, 0.29) is 30.2 Å². The molecule has 3 rings (SSSR count). The minimum atomic E-state index is -1.10. The summed E-state index contributed by atoms with van der Waals surface area (Å²) in [7, 11) is 0. The van der Waals surface area contributed by atoms with Crippen LogP contribution in [-0.4, -0.2) is 35.5 Å². The van der Waals surface area contributed by atoms with Gasteiger partial charge in [0.25, 0.3) is 5.91 Å². The lowest BCUT2D eigenvalue weighted by Crippen LogP contribution is -2.48. The molecule has 1 aromatic carbocycles. The highest BCUT2D eigenvalue weighted by Gasteiger charge is 2.43. The van der Waals surface area contributed by atoms with Crippen molar-refractivity contribution in [2.75, 3.05) is 13.2 Å². The molecule has 0 spiro atoms. The molecule has 0 aromatic heterocycles. The van der Waals surface area contributed by atoms with E-state index >= 15 is 0 Å². The zero-order valence-corrected chi connectivity index (χ0v) is 13.8. The van der Waals surface area contributed by atoms with Crippen LogP contribution in [0, 0.1) is 11.2 Å². The zero-order chi connectivity index (χ0) is 17.2. The first-order chi connectivity index (χ1) is 11.5. The van der Waals surface area contributed by atoms with Crippen molar-refractivity contribution < 1.29 is 19.1 Å². The number of carbonyl (C=O) groups excluding carboxylic acids is 1. The summed E-state index contributed by atoms with van der Waals surface area (Å²) in [5, 5.41) is 16.5. The Bertz CT molecular complexity index is 655. The Morgan fingerprint density at radius 1 is 1.42 bits per heavy atom. The van der Waals surface area contributed by atoms with Gasteiger partial charge in [-0.2, -0.15) is 0 Å². The number of nitrogens with zero attached hydrogens (tertiary/aromatic N) is 1. The Hall–Kier alpha value is -1.95. The number of hydrogen-bond donors (Lipinski definition) is 2. The smallest absolute Gasteiger partial charge is 0.267 e. The quantitative estimate of drug-likeness (QED) is 0.868. The third-order valence-corrected chi connectivity index (χ3v) is 5.12. The number of rotatable bonds is 5. The van der Waals surface area contributed by atoms with Crippen LogP contribution in [0.3, 0.4) is 0 Å². The molecular weight excluding hydrogens is 311 g/mol. The van der Waals surface area contributed by atoms with Crippen LogP contribution in [0.4, 0.5) is 4.39 Å². The van der Waals surface area contributed by atoms with Gasteiger partial charge in [-0.1, -0.05) is 30.1 Å². The Morgan fingerprint density at radius 2 is 2.17 bits per heavy atom. The average Bonchev–Trinajstić information content (AvgIpc) is 3.21. The summed E-state index contributed by atoms with van der Waals surface area (Å²) in [4.78, 5) is 17.9. The highest BCUT2D eigenvalue weighted by atomic mass is 19.1. The molecule has 24 heavy (non-hydrogen) atoms. The number of carbonyl (C=O) groups is 1. The Balaban J connectivity index is 1.62. The molecule has 5 nitrogen and oxygen atoms in total. The normalized spacial score (nSPS) is 25.2. The van der Waals surface area contributed by atoms with Crippen molar-refractivity contribution in [2.24, 2.45) is 10.6 Å². The number of amides is 1. The van der Waals surface area contributed by atoms with Gasteiger partial charge in [-0.25, -0.2) is 4.39 Å². The minimum absolute atomic E-state index is 0.0793. The molecule has 2 aliphatic rings. The molecule has 6 heteroatoms. The monoisotopic (exact) mass is 334 g/mol. The van der Waals surface area contributed by atoms with E-state index in [9.17, 15) is 14.3 Å². The minimum Gasteiger partial charge on any atom is -0.396 e. The van der Waals surface area contributed by atoms with Crippen molar-refractivity contribution in [1.29, 1.82) is 0 Å². The maximum Gasteiger partial charge on any atom is 0.267 e. The molecule has 1 saturated carbocycles. The van der Waals surface area contributed by atoms with Crippen LogP contribution in [0.25, 0.3) is 0 Å². The third kappa shape index (κ3) is 3.29. The van der Waals surface area contributed by atoms with Crippen LogP contribution in [-0.2, 0) is 9.63 Å². The fourth-order valence-electron chi connectivity index (χ4n) is 3.45. The summed E-state index contributed by atoms with van der Waals surface area (Å²) < 4.78 is 13.3. The molecule has 0 radical (unpaired) electrons. The van der Waals surface area contributed by atoms with Gasteiger partial charge < -0.3 is 15.3 Å². The highest BCUT2D eigenvalue weighted by Crippen LogP contribution is 2.37. The van der Waals surface area contributed by atoms with Crippen molar-refractivity contribution in [1.82, 2.24) is 5.32 Å². The molecular formula is C18H23FN2O3. The molecule has 1 heterocycles. The lowest BCUT2D eigenvalue weighted by Gasteiger charge is -2.29. The second-order valence-corrected chi connectivity index (χ2v) is 7.10. The second kappa shape index (κ2) is 6.51. The molecule has 1 fully saturated rings. The summed E-state index contributed by atoms with van der Waals surface area (Å²) in [5.74, 6) is -0.600. The second-order valence-electron chi connectivity index (χ2n) is 7.10. The number of hydrogen-bond acceptors (Lipinski definition) is 4. The maximum atomic E-state index is 13.3. The molecule has 2 N–H and O–H groups in total. The predicted octanol–water partition coefficient (Wildman–Crippen LogP) is 2.38. The van der Waals surface area contributed by atoms with E-state index in [1.165, 1.54) is 12.1 Å². The van der Waals surface area contributed by atoms with Crippen LogP contribution in [0.2, 0.25) is 0 Å². The van der Waals surface area contributed by atoms with Crippen LogP contribution in [0.5, 0.6) is 0 Å². The van der Waals surface area contributed by atoms with E-state index < -0.39 is 5.60 Å². The van der Waals surface area contributed by atoms with E-state index in [0.717, 1.165) is 25.7 Å². The molecule has 0 unspecified atom stereocenters. The largest absolute Gasteiger partial charge is 0.396 e. The van der Waals surface area contributed by atoms with Gasteiger partial charge in [0.05, 0.1) is 12.3 Å². The Labute approximate surface area is 140 Å². The number of aliphatic hydroxyl groups is 1. The van der Waals surface area contributed by atoms with Crippen molar-refractivity contribution in [3.63, 3.8) is 0 Å². The third-order valence-electron chi connectivity index (χ3n) is 5.12. The molecule has 1 aromatic rings. The molecule has 1 aliphatic carbocycles. The van der Waals surface area contributed by atoms with Gasteiger partial charge in [0.1, 0.15) is 5.82 Å². The molecule has 1 atom stereocenters. The first-order valence-corrected chi connectivity index (χ1v) is 8.37. The molecule has 1 amide bonds. The van der Waals surface area contributed by atoms with E-state index in [0.29, 0.717) is 17.8 Å². The SMILES string of the molecule is C[C@]1(C(=O)NCC2(CO)CCCC2)CC(c2cccc(F)c2)=NO1. The van der Waals surface area contributed by atoms with Gasteiger partial charge in [-0.05, 0) is 31.9 Å². The number of oxime groups is 1. The number of halogens is 1. The Morgan fingerprint density at radius 3 is 2.83 bits per heavy atom. The van der Waals surface area contributed by atoms with Gasteiger partial charge in [0.15, 0.2) is 0 Å². The predicted molar refractivity (Wildman–Crippen MR) is 88.0 cm³/mol. The van der Waals surface area contributed by atoms with Gasteiger partial charge in [-0.15, -0.1) is 0 Å². The van der Waals surface area contributed by atoms with E-state index in [2.05, 4.69) is 10.5 Å². The summed E-state index contributed by atoms with van der Waals surface area (Å²) >= 11 is 0. The van der Waals surface area contributed by atoms with Crippen LogP contribution in [0.15, 0.2) is 29.4 Å². The van der Waals surface area contributed by atoms with E-state index in [4.69, 9.17) is 4.84 Å². The molecule has 0 bridgehead atoms. The van der Waals surface area contributed by atoms with Crippen LogP contribution in [0.1, 0.15) is 44.6 Å². The van der Waals surface area contributed by atoms with Crippen molar-refractivity contribution >= 4 is 11.6 Å². The molecule has 1 aliphatic heterocycles. The van der Waals surface area contributed by atoms with Crippen molar-refractivity contribution in [3.8, 4) is 0 Å². The number of aliphatic hydroxyl groups excluding tert-OH is 1. The van der Waals surface area contributed by atoms with Crippen LogP contribution < -0.4 is 5.32 Å². The summed E-state index contributed by atoms with van der Waals surface area (Å²) in [6.45, 7) is 2.20. The van der Waals surface area contributed by atoms with Crippen molar-refractivity contribution in [2.45, 2.75) is 44.6 Å². The topological polar surface area (TPSA) is 70.9 Å². The van der Waals surface area contributed by atoms with Gasteiger partial charge >= 0.3 is 0 Å². The Kier molecular flexibility index (Phi) is 4.58. The lowest BCUT2D eigenvalue weighted by atomic mass is 9.86. The lowest BCUT2D eigenvalue weighted by molar-refractivity contribution is -0.142. The van der Waals surface area contributed by atoms with E-state index in [1.807, 2.05) is 0 Å². The zero-order valence-electron chi connectivity index (χ0n) is 13.8. The van der Waals surface area contributed by atoms with Gasteiger partial charge in [0.2, 0.25) is 5.60 Å². The summed E-state index contributed by atoms with van der Waals surface area (Å²) in [6.07, 6.45) is 4.29. The van der Waals surface area contributed by atoms with Crippen LogP contribution >= 0.6 is 0 Å². The summed E-state index contributed by atoms with van der Waals surface area (Å²) in [5.41, 5.74) is -0.132. The standard InChI is InChI=1S/C18H23FN2O3/c1-17(16(23)20-11-18(12-22)7-2-3-8-18)10-15(21-24-17)13-5-4-6-14(19)9-13/h4-6,9,22H,2-3,7-8,10-12H2,1H3,(H,20,23)/t17-/m1/s1. The summed E-state index contributed by atoms with van der Waals surface area (Å²) in [6, 6.07) is 6.09. The van der Waals surface area contributed by atoms with Gasteiger partial charge in [0, 0.05) is 23.9 Å². The fourth-order valence-corrected chi connectivity index (χ4v) is 3.45. The maximum absolute atomic E-state index is 13.3. The first-order valence-electron chi connectivity index (χ1n) is 8.37. The number of benzene rings is 1. The number of nitrogens with one attached hydrogen (secondary N) is 1. The fraction of sp³-hybridized carbons (Fsp3) is 0.556. The average molecular weight is 334 g/mol.